The van der Waals surface area contributed by atoms with Crippen LogP contribution in [0.5, 0.6) is 0 Å². The molecule has 8 heteroatoms. The molecule has 0 aliphatic rings. The number of nitrogens with two attached hydrogens (primary N) is 1. The molecule has 2 aromatic rings. The highest BCUT2D eigenvalue weighted by Gasteiger charge is 2.13. The van der Waals surface area contributed by atoms with E-state index in [0.29, 0.717) is 36.0 Å². The summed E-state index contributed by atoms with van der Waals surface area (Å²) in [4.78, 5) is 11.5. The number of halogens is 1. The summed E-state index contributed by atoms with van der Waals surface area (Å²) >= 11 is 5.58. The Morgan fingerprint density at radius 3 is 2.60 bits per heavy atom. The highest BCUT2D eigenvalue weighted by atomic mass is 32.2. The zero-order valence-electron chi connectivity index (χ0n) is 13.3. The van der Waals surface area contributed by atoms with Gasteiger partial charge in [-0.05, 0) is 41.9 Å². The second-order valence-electron chi connectivity index (χ2n) is 5.13. The molecule has 0 radical (unpaired) electrons. The fraction of sp³-hybridized carbons (Fsp3) is 0.176. The van der Waals surface area contributed by atoms with E-state index in [1.807, 2.05) is 18.2 Å². The lowest BCUT2D eigenvalue weighted by Crippen LogP contribution is -2.35. The van der Waals surface area contributed by atoms with E-state index in [0.717, 1.165) is 6.42 Å². The molecule has 2 aromatic carbocycles. The Morgan fingerprint density at radius 1 is 1.16 bits per heavy atom. The third-order valence-electron chi connectivity index (χ3n) is 3.37. The maximum Gasteiger partial charge on any atom is 0.354 e. The molecular formula is C17H18FN3O2S2. The van der Waals surface area contributed by atoms with Gasteiger partial charge in [-0.25, -0.2) is 14.3 Å². The molecule has 0 aliphatic heterocycles. The number of thiocarbonyl (C=S) groups is 1. The van der Waals surface area contributed by atoms with Crippen molar-refractivity contribution >= 4 is 35.5 Å². The Balaban J connectivity index is 1.77. The van der Waals surface area contributed by atoms with Crippen LogP contribution < -0.4 is 15.8 Å². The highest BCUT2D eigenvalue weighted by Crippen LogP contribution is 2.13. The molecule has 4 N–H and O–H groups in total. The van der Waals surface area contributed by atoms with Crippen LogP contribution in [-0.2, 0) is 17.1 Å². The van der Waals surface area contributed by atoms with Crippen LogP contribution in [0.15, 0.2) is 48.5 Å². The summed E-state index contributed by atoms with van der Waals surface area (Å²) in [5.74, 6) is -1.48. The monoisotopic (exact) mass is 379 g/mol. The van der Waals surface area contributed by atoms with Crippen molar-refractivity contribution in [1.82, 2.24) is 10.6 Å². The van der Waals surface area contributed by atoms with Gasteiger partial charge in [0.2, 0.25) is 0 Å². The topological polar surface area (TPSA) is 76.4 Å². The van der Waals surface area contributed by atoms with Gasteiger partial charge < -0.3 is 14.8 Å². The zero-order chi connectivity index (χ0) is 18.1. The van der Waals surface area contributed by atoms with Gasteiger partial charge in [0.25, 0.3) is 0 Å². The molecule has 0 heterocycles. The van der Waals surface area contributed by atoms with Crippen molar-refractivity contribution in [3.05, 3.63) is 71.0 Å². The van der Waals surface area contributed by atoms with E-state index in [1.54, 1.807) is 6.07 Å². The molecule has 0 bridgehead atoms. The number of benzene rings is 2. The molecule has 5 nitrogen and oxygen atoms in total. The summed E-state index contributed by atoms with van der Waals surface area (Å²) in [5.41, 5.74) is 1.71. The molecule has 0 aromatic heterocycles. The predicted octanol–water partition coefficient (Wildman–Crippen LogP) is 2.71. The summed E-state index contributed by atoms with van der Waals surface area (Å²) in [6.45, 7) is 1.04. The molecule has 0 atom stereocenters. The first kappa shape index (κ1) is 19.2. The minimum absolute atomic E-state index is 0.162. The van der Waals surface area contributed by atoms with E-state index < -0.39 is 11.8 Å². The maximum atomic E-state index is 13.9. The van der Waals surface area contributed by atoms with Gasteiger partial charge in [-0.1, -0.05) is 36.4 Å². The largest absolute Gasteiger partial charge is 0.371 e. The van der Waals surface area contributed by atoms with Crippen LogP contribution in [0, 0.1) is 5.82 Å². The Labute approximate surface area is 155 Å². The Morgan fingerprint density at radius 2 is 1.92 bits per heavy atom. The smallest absolute Gasteiger partial charge is 0.354 e. The van der Waals surface area contributed by atoms with Crippen LogP contribution in [0.3, 0.4) is 0 Å². The molecular weight excluding hydrogens is 361 g/mol. The second-order valence-corrected chi connectivity index (χ2v) is 5.89. The molecule has 132 valence electrons. The number of rotatable bonds is 7. The minimum Gasteiger partial charge on any atom is -0.371 e. The van der Waals surface area contributed by atoms with Crippen LogP contribution in [-0.4, -0.2) is 17.6 Å². The average Bonchev–Trinajstić information content (AvgIpc) is 2.61. The molecule has 0 saturated heterocycles. The number of hydrogen-bond acceptors (Lipinski definition) is 5. The summed E-state index contributed by atoms with van der Waals surface area (Å²) in [5, 5.41) is 11.6. The summed E-state index contributed by atoms with van der Waals surface area (Å²) < 4.78 is 18.4. The van der Waals surface area contributed by atoms with Gasteiger partial charge in [0.05, 0.1) is 5.56 Å². The van der Waals surface area contributed by atoms with Crippen molar-refractivity contribution in [1.29, 1.82) is 0 Å². The summed E-state index contributed by atoms with van der Waals surface area (Å²) in [6.07, 6.45) is 0.854. The van der Waals surface area contributed by atoms with E-state index in [-0.39, 0.29) is 5.56 Å². The van der Waals surface area contributed by atoms with E-state index in [2.05, 4.69) is 26.9 Å². The van der Waals surface area contributed by atoms with Crippen LogP contribution in [0.1, 0.15) is 21.5 Å². The molecule has 0 saturated carbocycles. The normalized spacial score (nSPS) is 10.2. The molecule has 2 rings (SSSR count). The van der Waals surface area contributed by atoms with Crippen LogP contribution >= 0.6 is 24.4 Å². The third-order valence-corrected chi connectivity index (χ3v) is 3.91. The van der Waals surface area contributed by atoms with E-state index in [4.69, 9.17) is 17.4 Å². The summed E-state index contributed by atoms with van der Waals surface area (Å²) in [6, 6.07) is 14.3. The lowest BCUT2D eigenvalue weighted by molar-refractivity contribution is 0.0763. The Hall–Kier alpha value is -2.16. The van der Waals surface area contributed by atoms with Crippen molar-refractivity contribution in [3.8, 4) is 0 Å². The number of nitrogens with one attached hydrogen (secondary N) is 2. The van der Waals surface area contributed by atoms with Gasteiger partial charge in [0, 0.05) is 13.1 Å². The van der Waals surface area contributed by atoms with Crippen LogP contribution in [0.25, 0.3) is 0 Å². The Kier molecular flexibility index (Phi) is 7.65. The first-order valence-corrected chi connectivity index (χ1v) is 8.73. The van der Waals surface area contributed by atoms with Gasteiger partial charge in [0.1, 0.15) is 18.0 Å². The van der Waals surface area contributed by atoms with E-state index in [1.165, 1.54) is 17.7 Å². The van der Waals surface area contributed by atoms with Gasteiger partial charge in [0.15, 0.2) is 5.11 Å². The third kappa shape index (κ3) is 6.33. The molecule has 0 amide bonds. The highest BCUT2D eigenvalue weighted by molar-refractivity contribution is 7.92. The first-order valence-electron chi connectivity index (χ1n) is 7.52. The van der Waals surface area contributed by atoms with Crippen LogP contribution in [0.2, 0.25) is 0 Å². The lowest BCUT2D eigenvalue weighted by atomic mass is 10.1. The molecule has 25 heavy (non-hydrogen) atoms. The van der Waals surface area contributed by atoms with E-state index >= 15 is 0 Å². The summed E-state index contributed by atoms with van der Waals surface area (Å²) in [7, 11) is 0. The van der Waals surface area contributed by atoms with Crippen molar-refractivity contribution < 1.29 is 13.4 Å². The minimum atomic E-state index is -0.817. The quantitative estimate of drug-likeness (QED) is 0.388. The van der Waals surface area contributed by atoms with Crippen molar-refractivity contribution in [2.24, 2.45) is 5.14 Å². The van der Waals surface area contributed by atoms with Crippen molar-refractivity contribution in [2.75, 3.05) is 6.54 Å². The molecule has 0 aliphatic carbocycles. The van der Waals surface area contributed by atoms with Gasteiger partial charge in [-0.3, -0.25) is 0 Å². The zero-order valence-corrected chi connectivity index (χ0v) is 15.0. The van der Waals surface area contributed by atoms with Crippen molar-refractivity contribution in [2.45, 2.75) is 13.0 Å². The maximum absolute atomic E-state index is 13.9. The molecule has 0 fully saturated rings. The van der Waals surface area contributed by atoms with Gasteiger partial charge in [-0.2, -0.15) is 0 Å². The van der Waals surface area contributed by atoms with Crippen LogP contribution in [0.4, 0.5) is 4.39 Å². The van der Waals surface area contributed by atoms with Crippen molar-refractivity contribution in [3.63, 3.8) is 0 Å². The SMILES string of the molecule is NSOC(=O)c1ccc(CNC(=S)NCCc2ccccc2)cc1F. The molecule has 0 spiro atoms. The number of carbonyl (C=O) groups is 1. The average molecular weight is 379 g/mol. The standard InChI is InChI=1S/C17H18FN3O2S2/c18-15-10-13(6-7-14(15)16(22)23-25-19)11-21-17(24)20-9-8-12-4-2-1-3-5-12/h1-7,10H,8-9,11,19H2,(H2,20,21,24). The lowest BCUT2D eigenvalue weighted by Gasteiger charge is -2.11. The fourth-order valence-corrected chi connectivity index (χ4v) is 2.48. The molecule has 0 unspecified atom stereocenters. The van der Waals surface area contributed by atoms with E-state index in [9.17, 15) is 9.18 Å². The van der Waals surface area contributed by atoms with Gasteiger partial charge >= 0.3 is 5.97 Å². The number of carbonyl (C=O) groups excluding carboxylic acids is 1. The Bertz CT molecular complexity index is 729. The first-order chi connectivity index (χ1) is 12.1. The predicted molar refractivity (Wildman–Crippen MR) is 101 cm³/mol. The second kappa shape index (κ2) is 9.97. The van der Waals surface area contributed by atoms with Gasteiger partial charge in [-0.15, -0.1) is 0 Å². The number of hydrogen-bond donors (Lipinski definition) is 3. The fourth-order valence-electron chi connectivity index (χ4n) is 2.13.